The number of methoxy groups -OCH3 is 2. The molecule has 1 heterocycles. The van der Waals surface area contributed by atoms with Crippen molar-refractivity contribution in [3.8, 4) is 11.5 Å². The highest BCUT2D eigenvalue weighted by molar-refractivity contribution is 5.93. The van der Waals surface area contributed by atoms with Crippen molar-refractivity contribution in [1.29, 1.82) is 0 Å². The minimum absolute atomic E-state index is 0. The van der Waals surface area contributed by atoms with Crippen LogP contribution in [0, 0.1) is 0 Å². The molecule has 0 aliphatic heterocycles. The Morgan fingerprint density at radius 3 is 2.57 bits per heavy atom. The van der Waals surface area contributed by atoms with E-state index in [1.165, 1.54) is 6.26 Å². The third kappa shape index (κ3) is 4.40. The summed E-state index contributed by atoms with van der Waals surface area (Å²) in [5.74, 6) is 1.82. The molecule has 0 fully saturated rings. The van der Waals surface area contributed by atoms with E-state index in [9.17, 15) is 4.79 Å². The van der Waals surface area contributed by atoms with Crippen LogP contribution in [0.3, 0.4) is 0 Å². The summed E-state index contributed by atoms with van der Waals surface area (Å²) < 4.78 is 15.7. The van der Waals surface area contributed by atoms with Crippen LogP contribution in [0.1, 0.15) is 21.7 Å². The Balaban J connectivity index is 0.00000264. The van der Waals surface area contributed by atoms with Gasteiger partial charge in [-0.05, 0) is 18.2 Å². The molecule has 2 N–H and O–H groups in total. The summed E-state index contributed by atoms with van der Waals surface area (Å²) in [5.41, 5.74) is 6.85. The summed E-state index contributed by atoms with van der Waals surface area (Å²) in [7, 11) is 4.91. The first-order chi connectivity index (χ1) is 10.6. The Morgan fingerprint density at radius 1 is 1.26 bits per heavy atom. The molecule has 0 atom stereocenters. The highest BCUT2D eigenvalue weighted by Crippen LogP contribution is 2.26. The van der Waals surface area contributed by atoms with Gasteiger partial charge in [0.25, 0.3) is 5.91 Å². The Hall–Kier alpha value is -2.18. The summed E-state index contributed by atoms with van der Waals surface area (Å²) >= 11 is 0. The minimum Gasteiger partial charge on any atom is -0.497 e. The molecule has 126 valence electrons. The highest BCUT2D eigenvalue weighted by atomic mass is 35.5. The molecular weight excluding hydrogens is 320 g/mol. The van der Waals surface area contributed by atoms with E-state index in [1.807, 2.05) is 12.1 Å². The van der Waals surface area contributed by atoms with Crippen LogP contribution in [0.5, 0.6) is 11.5 Å². The van der Waals surface area contributed by atoms with Gasteiger partial charge in [0.2, 0.25) is 0 Å². The normalized spacial score (nSPS) is 9.91. The smallest absolute Gasteiger partial charge is 0.257 e. The van der Waals surface area contributed by atoms with Crippen molar-refractivity contribution in [3.05, 3.63) is 47.4 Å². The van der Waals surface area contributed by atoms with Gasteiger partial charge in [-0.2, -0.15) is 0 Å². The maximum atomic E-state index is 12.4. The molecule has 0 aliphatic rings. The van der Waals surface area contributed by atoms with E-state index in [1.54, 1.807) is 38.3 Å². The summed E-state index contributed by atoms with van der Waals surface area (Å²) in [6, 6.07) is 7.16. The van der Waals surface area contributed by atoms with Gasteiger partial charge in [-0.25, -0.2) is 0 Å². The highest BCUT2D eigenvalue weighted by Gasteiger charge is 2.16. The average molecular weight is 341 g/mol. The molecule has 7 heteroatoms. The van der Waals surface area contributed by atoms with Gasteiger partial charge in [0.1, 0.15) is 23.5 Å². The first-order valence-corrected chi connectivity index (χ1v) is 6.83. The molecule has 0 saturated heterocycles. The zero-order valence-electron chi connectivity index (χ0n) is 13.4. The number of hydrogen-bond donors (Lipinski definition) is 1. The van der Waals surface area contributed by atoms with Gasteiger partial charge in [-0.1, -0.05) is 0 Å². The van der Waals surface area contributed by atoms with Crippen LogP contribution in [0.15, 0.2) is 34.9 Å². The van der Waals surface area contributed by atoms with Crippen LogP contribution in [-0.4, -0.2) is 32.1 Å². The van der Waals surface area contributed by atoms with Crippen molar-refractivity contribution < 1.29 is 18.7 Å². The number of halogens is 1. The van der Waals surface area contributed by atoms with Crippen molar-refractivity contribution in [3.63, 3.8) is 0 Å². The number of hydrogen-bond acceptors (Lipinski definition) is 5. The van der Waals surface area contributed by atoms with Crippen molar-refractivity contribution in [2.45, 2.75) is 13.1 Å². The lowest BCUT2D eigenvalue weighted by atomic mass is 10.1. The number of amides is 1. The van der Waals surface area contributed by atoms with Crippen LogP contribution in [0.25, 0.3) is 0 Å². The zero-order chi connectivity index (χ0) is 16.1. The molecule has 1 aromatic heterocycles. The molecule has 2 rings (SSSR count). The number of benzene rings is 1. The Bertz CT molecular complexity index is 657. The molecule has 0 bridgehead atoms. The standard InChI is InChI=1S/C16H20N2O4.ClH/c1-18(16(19)12-6-14(8-17)22-10-12)9-11-4-5-13(20-2)7-15(11)21-3;/h4-7,10H,8-9,17H2,1-3H3;1H. The number of nitrogens with two attached hydrogens (primary N) is 1. The summed E-state index contributed by atoms with van der Waals surface area (Å²) in [6.45, 7) is 0.679. The number of carbonyl (C=O) groups excluding carboxylic acids is 1. The summed E-state index contributed by atoms with van der Waals surface area (Å²) in [4.78, 5) is 14.0. The number of furan rings is 1. The van der Waals surface area contributed by atoms with E-state index in [4.69, 9.17) is 19.6 Å². The molecule has 0 aliphatic carbocycles. The van der Waals surface area contributed by atoms with Gasteiger partial charge in [-0.15, -0.1) is 12.4 Å². The number of carbonyl (C=O) groups is 1. The van der Waals surface area contributed by atoms with Crippen molar-refractivity contribution in [2.24, 2.45) is 5.73 Å². The monoisotopic (exact) mass is 340 g/mol. The predicted molar refractivity (Wildman–Crippen MR) is 89.2 cm³/mol. The SMILES string of the molecule is COc1ccc(CN(C)C(=O)c2coc(CN)c2)c(OC)c1.Cl. The van der Waals surface area contributed by atoms with E-state index < -0.39 is 0 Å². The summed E-state index contributed by atoms with van der Waals surface area (Å²) in [5, 5.41) is 0. The zero-order valence-corrected chi connectivity index (χ0v) is 14.2. The molecule has 1 aromatic carbocycles. The van der Waals surface area contributed by atoms with Gasteiger partial charge >= 0.3 is 0 Å². The average Bonchev–Trinajstić information content (AvgIpc) is 3.03. The predicted octanol–water partition coefficient (Wildman–Crippen LogP) is 2.45. The molecule has 0 saturated carbocycles. The van der Waals surface area contributed by atoms with Gasteiger partial charge in [-0.3, -0.25) is 4.79 Å². The van der Waals surface area contributed by atoms with E-state index in [-0.39, 0.29) is 24.9 Å². The van der Waals surface area contributed by atoms with Crippen molar-refractivity contribution in [1.82, 2.24) is 4.90 Å². The van der Waals surface area contributed by atoms with Crippen molar-refractivity contribution >= 4 is 18.3 Å². The molecule has 23 heavy (non-hydrogen) atoms. The first kappa shape index (κ1) is 18.9. The van der Waals surface area contributed by atoms with Gasteiger partial charge in [0.05, 0.1) is 26.3 Å². The topological polar surface area (TPSA) is 77.9 Å². The molecule has 0 unspecified atom stereocenters. The molecule has 1 amide bonds. The van der Waals surface area contributed by atoms with Gasteiger partial charge < -0.3 is 24.5 Å². The molecule has 0 radical (unpaired) electrons. The van der Waals surface area contributed by atoms with Gasteiger partial charge in [0, 0.05) is 25.2 Å². The van der Waals surface area contributed by atoms with Gasteiger partial charge in [0.15, 0.2) is 0 Å². The van der Waals surface area contributed by atoms with Crippen LogP contribution in [0.2, 0.25) is 0 Å². The Kier molecular flexibility index (Phi) is 6.93. The second-order valence-electron chi connectivity index (χ2n) is 4.84. The lowest BCUT2D eigenvalue weighted by molar-refractivity contribution is 0.0783. The Morgan fingerprint density at radius 2 is 2.00 bits per heavy atom. The number of rotatable bonds is 6. The van der Waals surface area contributed by atoms with E-state index in [0.717, 1.165) is 5.56 Å². The fourth-order valence-electron chi connectivity index (χ4n) is 2.13. The second-order valence-corrected chi connectivity index (χ2v) is 4.84. The van der Waals surface area contributed by atoms with E-state index >= 15 is 0 Å². The molecule has 0 spiro atoms. The van der Waals surface area contributed by atoms with Crippen molar-refractivity contribution in [2.75, 3.05) is 21.3 Å². The molecular formula is C16H21ClN2O4. The fraction of sp³-hybridized carbons (Fsp3) is 0.312. The third-order valence-electron chi connectivity index (χ3n) is 3.35. The van der Waals surface area contributed by atoms with Crippen LogP contribution in [0.4, 0.5) is 0 Å². The van der Waals surface area contributed by atoms with Crippen LogP contribution in [-0.2, 0) is 13.1 Å². The van der Waals surface area contributed by atoms with E-state index in [2.05, 4.69) is 0 Å². The number of ether oxygens (including phenoxy) is 2. The fourth-order valence-corrected chi connectivity index (χ4v) is 2.13. The first-order valence-electron chi connectivity index (χ1n) is 6.83. The van der Waals surface area contributed by atoms with E-state index in [0.29, 0.717) is 29.4 Å². The number of nitrogens with zero attached hydrogens (tertiary/aromatic N) is 1. The quantitative estimate of drug-likeness (QED) is 0.874. The maximum absolute atomic E-state index is 12.4. The Labute approximate surface area is 141 Å². The lowest BCUT2D eigenvalue weighted by Gasteiger charge is -2.18. The lowest BCUT2D eigenvalue weighted by Crippen LogP contribution is -2.26. The minimum atomic E-state index is -0.138. The molecule has 6 nitrogen and oxygen atoms in total. The maximum Gasteiger partial charge on any atom is 0.257 e. The third-order valence-corrected chi connectivity index (χ3v) is 3.35. The van der Waals surface area contributed by atoms with Crippen LogP contribution >= 0.6 is 12.4 Å². The second kappa shape index (κ2) is 8.45. The molecule has 2 aromatic rings. The largest absolute Gasteiger partial charge is 0.497 e. The summed E-state index contributed by atoms with van der Waals surface area (Å²) in [6.07, 6.45) is 1.42. The van der Waals surface area contributed by atoms with Crippen LogP contribution < -0.4 is 15.2 Å².